The molecule has 3 rings (SSSR count). The van der Waals surface area contributed by atoms with Crippen LogP contribution in [-0.2, 0) is 16.0 Å². The quantitative estimate of drug-likeness (QED) is 0.868. The zero-order valence-electron chi connectivity index (χ0n) is 13.5. The molecular formula is C19H22N2O2. The molecule has 0 atom stereocenters. The van der Waals surface area contributed by atoms with Gasteiger partial charge in [-0.2, -0.15) is 0 Å². The van der Waals surface area contributed by atoms with Crippen LogP contribution in [-0.4, -0.2) is 54.2 Å². The maximum Gasteiger partial charge on any atom is 0.219 e. The fraction of sp³-hybridized carbons (Fsp3) is 0.368. The van der Waals surface area contributed by atoms with Crippen LogP contribution in [0.25, 0.3) is 10.8 Å². The van der Waals surface area contributed by atoms with Gasteiger partial charge in [-0.05, 0) is 16.3 Å². The molecule has 1 aliphatic rings. The van der Waals surface area contributed by atoms with Gasteiger partial charge in [0, 0.05) is 39.5 Å². The van der Waals surface area contributed by atoms with E-state index >= 15 is 0 Å². The number of Topliss-reactive ketones (excluding diaryl/α,β-unsaturated/α-hetero) is 1. The lowest BCUT2D eigenvalue weighted by Crippen LogP contribution is -2.49. The molecule has 0 spiro atoms. The Hall–Kier alpha value is -2.20. The number of nitrogens with zero attached hydrogens (tertiary/aromatic N) is 2. The third kappa shape index (κ3) is 3.96. The molecule has 2 aromatic rings. The number of hydrogen-bond acceptors (Lipinski definition) is 3. The standard InChI is InChI=1S/C19H22N2O2/c1-15(22)21-10-8-20(9-11-21)14-19(23)13-16-6-7-17-4-2-3-5-18(17)12-16/h2-7,12H,8-11,13-14H2,1H3. The van der Waals surface area contributed by atoms with E-state index in [4.69, 9.17) is 0 Å². The number of ketones is 1. The van der Waals surface area contributed by atoms with E-state index in [-0.39, 0.29) is 11.7 Å². The van der Waals surface area contributed by atoms with E-state index in [1.807, 2.05) is 23.1 Å². The van der Waals surface area contributed by atoms with Crippen molar-refractivity contribution in [2.24, 2.45) is 0 Å². The van der Waals surface area contributed by atoms with Crippen molar-refractivity contribution in [3.63, 3.8) is 0 Å². The van der Waals surface area contributed by atoms with Crippen LogP contribution in [0.4, 0.5) is 0 Å². The van der Waals surface area contributed by atoms with Gasteiger partial charge in [-0.25, -0.2) is 0 Å². The van der Waals surface area contributed by atoms with Crippen molar-refractivity contribution < 1.29 is 9.59 Å². The maximum atomic E-state index is 12.3. The number of rotatable bonds is 4. The summed E-state index contributed by atoms with van der Waals surface area (Å²) in [5.74, 6) is 0.351. The van der Waals surface area contributed by atoms with Gasteiger partial charge in [0.25, 0.3) is 0 Å². The first-order valence-electron chi connectivity index (χ1n) is 8.09. The van der Waals surface area contributed by atoms with Gasteiger partial charge >= 0.3 is 0 Å². The van der Waals surface area contributed by atoms with Crippen LogP contribution in [0.1, 0.15) is 12.5 Å². The molecule has 1 heterocycles. The zero-order chi connectivity index (χ0) is 16.2. The molecule has 4 nitrogen and oxygen atoms in total. The Labute approximate surface area is 136 Å². The van der Waals surface area contributed by atoms with Gasteiger partial charge in [-0.3, -0.25) is 14.5 Å². The van der Waals surface area contributed by atoms with Gasteiger partial charge in [0.1, 0.15) is 0 Å². The van der Waals surface area contributed by atoms with Crippen molar-refractivity contribution in [2.75, 3.05) is 32.7 Å². The highest BCUT2D eigenvalue weighted by atomic mass is 16.2. The minimum absolute atomic E-state index is 0.118. The largest absolute Gasteiger partial charge is 0.340 e. The smallest absolute Gasteiger partial charge is 0.219 e. The molecule has 1 amide bonds. The van der Waals surface area contributed by atoms with E-state index in [0.717, 1.165) is 31.7 Å². The van der Waals surface area contributed by atoms with Crippen molar-refractivity contribution in [1.82, 2.24) is 9.80 Å². The molecule has 0 unspecified atom stereocenters. The first-order valence-corrected chi connectivity index (χ1v) is 8.09. The van der Waals surface area contributed by atoms with E-state index in [0.29, 0.717) is 13.0 Å². The number of carbonyl (C=O) groups excluding carboxylic acids is 2. The molecule has 1 fully saturated rings. The van der Waals surface area contributed by atoms with Gasteiger partial charge < -0.3 is 4.90 Å². The van der Waals surface area contributed by atoms with E-state index in [9.17, 15) is 9.59 Å². The van der Waals surface area contributed by atoms with Crippen molar-refractivity contribution in [3.8, 4) is 0 Å². The van der Waals surface area contributed by atoms with Crippen LogP contribution in [0.2, 0.25) is 0 Å². The lowest BCUT2D eigenvalue weighted by molar-refractivity contribution is -0.130. The van der Waals surface area contributed by atoms with Gasteiger partial charge in [0.15, 0.2) is 5.78 Å². The molecule has 0 N–H and O–H groups in total. The highest BCUT2D eigenvalue weighted by Gasteiger charge is 2.20. The summed E-state index contributed by atoms with van der Waals surface area (Å²) in [4.78, 5) is 27.6. The summed E-state index contributed by atoms with van der Waals surface area (Å²) in [7, 11) is 0. The second kappa shape index (κ2) is 6.92. The summed E-state index contributed by atoms with van der Waals surface area (Å²) in [5.41, 5.74) is 1.07. The van der Waals surface area contributed by atoms with Crippen LogP contribution in [0.5, 0.6) is 0 Å². The Morgan fingerprint density at radius 1 is 0.957 bits per heavy atom. The topological polar surface area (TPSA) is 40.6 Å². The van der Waals surface area contributed by atoms with Crippen LogP contribution in [0, 0.1) is 0 Å². The third-order valence-electron chi connectivity index (χ3n) is 4.43. The highest BCUT2D eigenvalue weighted by Crippen LogP contribution is 2.16. The maximum absolute atomic E-state index is 12.3. The zero-order valence-corrected chi connectivity index (χ0v) is 13.5. The van der Waals surface area contributed by atoms with Gasteiger partial charge in [-0.15, -0.1) is 0 Å². The monoisotopic (exact) mass is 310 g/mol. The number of benzene rings is 2. The summed E-state index contributed by atoms with van der Waals surface area (Å²) >= 11 is 0. The van der Waals surface area contributed by atoms with Crippen LogP contribution < -0.4 is 0 Å². The second-order valence-corrected chi connectivity index (χ2v) is 6.18. The molecule has 0 bridgehead atoms. The Kier molecular flexibility index (Phi) is 4.72. The number of fused-ring (bicyclic) bond motifs is 1. The first kappa shape index (κ1) is 15.7. The van der Waals surface area contributed by atoms with Crippen LogP contribution in [0.15, 0.2) is 42.5 Å². The summed E-state index contributed by atoms with van der Waals surface area (Å²) < 4.78 is 0. The van der Waals surface area contributed by atoms with Crippen molar-refractivity contribution in [1.29, 1.82) is 0 Å². The molecular weight excluding hydrogens is 288 g/mol. The Balaban J connectivity index is 1.55. The fourth-order valence-corrected chi connectivity index (χ4v) is 3.10. The van der Waals surface area contributed by atoms with E-state index in [2.05, 4.69) is 29.2 Å². The predicted molar refractivity (Wildman–Crippen MR) is 91.4 cm³/mol. The summed E-state index contributed by atoms with van der Waals surface area (Å²) in [5, 5.41) is 2.37. The molecule has 2 aromatic carbocycles. The average molecular weight is 310 g/mol. The number of piperazine rings is 1. The van der Waals surface area contributed by atoms with Crippen molar-refractivity contribution in [3.05, 3.63) is 48.0 Å². The molecule has 0 aliphatic carbocycles. The van der Waals surface area contributed by atoms with E-state index in [1.165, 1.54) is 10.8 Å². The lowest BCUT2D eigenvalue weighted by atomic mass is 10.0. The highest BCUT2D eigenvalue weighted by molar-refractivity contribution is 5.87. The molecule has 0 aromatic heterocycles. The second-order valence-electron chi connectivity index (χ2n) is 6.18. The molecule has 4 heteroatoms. The Morgan fingerprint density at radius 3 is 2.35 bits per heavy atom. The predicted octanol–water partition coefficient (Wildman–Crippen LogP) is 2.12. The number of amides is 1. The summed E-state index contributed by atoms with van der Waals surface area (Å²) in [6.07, 6.45) is 0.470. The lowest BCUT2D eigenvalue weighted by Gasteiger charge is -2.33. The van der Waals surface area contributed by atoms with Crippen LogP contribution in [0.3, 0.4) is 0 Å². The van der Waals surface area contributed by atoms with E-state index < -0.39 is 0 Å². The molecule has 0 radical (unpaired) electrons. The normalized spacial score (nSPS) is 15.8. The van der Waals surface area contributed by atoms with Gasteiger partial charge in [-0.1, -0.05) is 42.5 Å². The van der Waals surface area contributed by atoms with E-state index in [1.54, 1.807) is 6.92 Å². The molecule has 0 saturated carbocycles. The molecule has 23 heavy (non-hydrogen) atoms. The first-order chi connectivity index (χ1) is 11.1. The number of hydrogen-bond donors (Lipinski definition) is 0. The third-order valence-corrected chi connectivity index (χ3v) is 4.43. The average Bonchev–Trinajstić information content (AvgIpc) is 2.55. The molecule has 1 saturated heterocycles. The molecule has 120 valence electrons. The van der Waals surface area contributed by atoms with Gasteiger partial charge in [0.05, 0.1) is 6.54 Å². The minimum Gasteiger partial charge on any atom is -0.340 e. The summed E-state index contributed by atoms with van der Waals surface area (Å²) in [6, 6.07) is 14.4. The van der Waals surface area contributed by atoms with Crippen LogP contribution >= 0.6 is 0 Å². The van der Waals surface area contributed by atoms with Crippen molar-refractivity contribution in [2.45, 2.75) is 13.3 Å². The van der Waals surface area contributed by atoms with Crippen molar-refractivity contribution >= 4 is 22.5 Å². The molecule has 1 aliphatic heterocycles. The SMILES string of the molecule is CC(=O)N1CCN(CC(=O)Cc2ccc3ccccc3c2)CC1. The minimum atomic E-state index is 0.118. The Morgan fingerprint density at radius 2 is 1.65 bits per heavy atom. The Bertz CT molecular complexity index is 718. The van der Waals surface area contributed by atoms with Gasteiger partial charge in [0.2, 0.25) is 5.91 Å². The summed E-state index contributed by atoms with van der Waals surface area (Å²) in [6.45, 7) is 5.07. The fourth-order valence-electron chi connectivity index (χ4n) is 3.10. The number of carbonyl (C=O) groups is 2.